The van der Waals surface area contributed by atoms with Crippen LogP contribution in [0.15, 0.2) is 0 Å². The number of hydrogen-bond acceptors (Lipinski definition) is 2. The molecule has 2 heteroatoms. The molecular formula is C14H32N2. The molecule has 0 aliphatic carbocycles. The molecule has 98 valence electrons. The van der Waals surface area contributed by atoms with E-state index in [1.54, 1.807) is 0 Å². The summed E-state index contributed by atoms with van der Waals surface area (Å²) in [6.45, 7) is 5.60. The number of nitrogens with one attached hydrogen (secondary N) is 1. The monoisotopic (exact) mass is 228 g/mol. The Morgan fingerprint density at radius 1 is 0.750 bits per heavy atom. The summed E-state index contributed by atoms with van der Waals surface area (Å²) in [7, 11) is 0. The summed E-state index contributed by atoms with van der Waals surface area (Å²) in [6.07, 6.45) is 13.9. The fourth-order valence-electron chi connectivity index (χ4n) is 2.02. The van der Waals surface area contributed by atoms with E-state index in [4.69, 9.17) is 5.84 Å². The molecule has 0 aromatic heterocycles. The highest BCUT2D eigenvalue weighted by atomic mass is 15.2. The number of nitrogens with two attached hydrogens (primary N) is 1. The summed E-state index contributed by atoms with van der Waals surface area (Å²) in [4.78, 5) is 0. The predicted molar refractivity (Wildman–Crippen MR) is 73.2 cm³/mol. The van der Waals surface area contributed by atoms with E-state index >= 15 is 0 Å². The molecule has 0 bridgehead atoms. The number of hydrazine groups is 1. The van der Waals surface area contributed by atoms with Crippen molar-refractivity contribution in [3.05, 3.63) is 0 Å². The smallest absolute Gasteiger partial charge is 0.00974 e. The summed E-state index contributed by atoms with van der Waals surface area (Å²) < 4.78 is 0. The Morgan fingerprint density at radius 2 is 1.19 bits per heavy atom. The van der Waals surface area contributed by atoms with Crippen molar-refractivity contribution in [2.45, 2.75) is 78.1 Å². The van der Waals surface area contributed by atoms with Crippen molar-refractivity contribution >= 4 is 0 Å². The Morgan fingerprint density at radius 3 is 1.62 bits per heavy atom. The van der Waals surface area contributed by atoms with E-state index in [9.17, 15) is 0 Å². The second-order valence-corrected chi connectivity index (χ2v) is 5.32. The van der Waals surface area contributed by atoms with Gasteiger partial charge in [0.2, 0.25) is 0 Å². The van der Waals surface area contributed by atoms with Gasteiger partial charge >= 0.3 is 0 Å². The average Bonchev–Trinajstić information content (AvgIpc) is 2.25. The Balaban J connectivity index is 2.88. The quantitative estimate of drug-likeness (QED) is 0.301. The van der Waals surface area contributed by atoms with Gasteiger partial charge in [0.1, 0.15) is 0 Å². The van der Waals surface area contributed by atoms with Crippen LogP contribution in [0.5, 0.6) is 0 Å². The van der Waals surface area contributed by atoms with Gasteiger partial charge in [0.15, 0.2) is 0 Å². The molecule has 0 heterocycles. The first-order chi connectivity index (χ1) is 7.77. The molecule has 2 nitrogen and oxygen atoms in total. The van der Waals surface area contributed by atoms with E-state index in [0.29, 0.717) is 0 Å². The molecule has 0 rings (SSSR count). The third kappa shape index (κ3) is 13.9. The molecule has 0 amide bonds. The maximum atomic E-state index is 5.21. The van der Waals surface area contributed by atoms with Crippen molar-refractivity contribution in [1.29, 1.82) is 0 Å². The zero-order chi connectivity index (χ0) is 12.1. The van der Waals surface area contributed by atoms with Crippen LogP contribution in [0.1, 0.15) is 78.1 Å². The average molecular weight is 228 g/mol. The SMILES string of the molecule is CC(C)CCCCCCCCCCCNN. The molecule has 0 spiro atoms. The summed E-state index contributed by atoms with van der Waals surface area (Å²) in [5.74, 6) is 6.09. The van der Waals surface area contributed by atoms with E-state index in [1.807, 2.05) is 0 Å². The van der Waals surface area contributed by atoms with Gasteiger partial charge in [0.25, 0.3) is 0 Å². The fraction of sp³-hybridized carbons (Fsp3) is 1.00. The van der Waals surface area contributed by atoms with Gasteiger partial charge in [-0.1, -0.05) is 71.6 Å². The van der Waals surface area contributed by atoms with Gasteiger partial charge in [0.05, 0.1) is 0 Å². The van der Waals surface area contributed by atoms with Crippen molar-refractivity contribution in [2.24, 2.45) is 11.8 Å². The largest absolute Gasteiger partial charge is 0.271 e. The van der Waals surface area contributed by atoms with E-state index < -0.39 is 0 Å². The maximum Gasteiger partial charge on any atom is 0.00974 e. The molecule has 0 saturated carbocycles. The highest BCUT2D eigenvalue weighted by molar-refractivity contribution is 4.50. The van der Waals surface area contributed by atoms with Crippen molar-refractivity contribution < 1.29 is 0 Å². The number of hydrogen-bond donors (Lipinski definition) is 2. The lowest BCUT2D eigenvalue weighted by atomic mass is 10.0. The van der Waals surface area contributed by atoms with Crippen LogP contribution < -0.4 is 11.3 Å². The lowest BCUT2D eigenvalue weighted by molar-refractivity contribution is 0.504. The first kappa shape index (κ1) is 15.9. The second-order valence-electron chi connectivity index (χ2n) is 5.32. The molecule has 16 heavy (non-hydrogen) atoms. The van der Waals surface area contributed by atoms with E-state index in [1.165, 1.54) is 64.2 Å². The van der Waals surface area contributed by atoms with Gasteiger partial charge in [-0.05, 0) is 12.3 Å². The van der Waals surface area contributed by atoms with Gasteiger partial charge in [-0.3, -0.25) is 11.3 Å². The van der Waals surface area contributed by atoms with E-state index in [2.05, 4.69) is 19.3 Å². The molecule has 0 aliphatic heterocycles. The van der Waals surface area contributed by atoms with Crippen molar-refractivity contribution in [2.75, 3.05) is 6.54 Å². The van der Waals surface area contributed by atoms with Gasteiger partial charge in [-0.25, -0.2) is 0 Å². The zero-order valence-corrected chi connectivity index (χ0v) is 11.4. The summed E-state index contributed by atoms with van der Waals surface area (Å²) in [6, 6.07) is 0. The minimum absolute atomic E-state index is 0.885. The number of unbranched alkanes of at least 4 members (excludes halogenated alkanes) is 8. The highest BCUT2D eigenvalue weighted by Gasteiger charge is 1.95. The summed E-state index contributed by atoms with van der Waals surface area (Å²) in [5, 5.41) is 0. The topological polar surface area (TPSA) is 38.0 Å². The Bertz CT molecular complexity index is 124. The molecule has 0 unspecified atom stereocenters. The van der Waals surface area contributed by atoms with Crippen LogP contribution in [0.3, 0.4) is 0 Å². The summed E-state index contributed by atoms with van der Waals surface area (Å²) in [5.41, 5.74) is 2.70. The Labute approximate surface area is 102 Å². The second kappa shape index (κ2) is 13.0. The van der Waals surface area contributed by atoms with Crippen LogP contribution in [0.25, 0.3) is 0 Å². The van der Waals surface area contributed by atoms with Crippen LogP contribution >= 0.6 is 0 Å². The Hall–Kier alpha value is -0.0800. The van der Waals surface area contributed by atoms with Crippen LogP contribution in [0.4, 0.5) is 0 Å². The third-order valence-electron chi connectivity index (χ3n) is 3.10. The third-order valence-corrected chi connectivity index (χ3v) is 3.10. The molecule has 0 saturated heterocycles. The van der Waals surface area contributed by atoms with Crippen LogP contribution in [-0.4, -0.2) is 6.54 Å². The zero-order valence-electron chi connectivity index (χ0n) is 11.4. The molecule has 0 fully saturated rings. The first-order valence-corrected chi connectivity index (χ1v) is 7.21. The predicted octanol–water partition coefficient (Wildman–Crippen LogP) is 4.01. The van der Waals surface area contributed by atoms with Crippen molar-refractivity contribution in [3.8, 4) is 0 Å². The van der Waals surface area contributed by atoms with E-state index in [-0.39, 0.29) is 0 Å². The minimum Gasteiger partial charge on any atom is -0.271 e. The fourth-order valence-corrected chi connectivity index (χ4v) is 2.02. The van der Waals surface area contributed by atoms with Crippen LogP contribution in [0.2, 0.25) is 0 Å². The lowest BCUT2D eigenvalue weighted by Crippen LogP contribution is -2.22. The molecule has 0 aliphatic rings. The molecule has 3 N–H and O–H groups in total. The van der Waals surface area contributed by atoms with Gasteiger partial charge in [0, 0.05) is 6.54 Å². The molecule has 0 aromatic rings. The van der Waals surface area contributed by atoms with Crippen molar-refractivity contribution in [1.82, 2.24) is 5.43 Å². The van der Waals surface area contributed by atoms with Gasteiger partial charge < -0.3 is 0 Å². The molecular weight excluding hydrogens is 196 g/mol. The number of rotatable bonds is 12. The minimum atomic E-state index is 0.885. The standard InChI is InChI=1S/C14H32N2/c1-14(2)12-10-8-6-4-3-5-7-9-11-13-16-15/h14,16H,3-13,15H2,1-2H3. The van der Waals surface area contributed by atoms with Gasteiger partial charge in [-0.2, -0.15) is 0 Å². The Kier molecular flexibility index (Phi) is 12.9. The van der Waals surface area contributed by atoms with E-state index in [0.717, 1.165) is 12.5 Å². The maximum absolute atomic E-state index is 5.21. The highest BCUT2D eigenvalue weighted by Crippen LogP contribution is 2.12. The molecule has 0 aromatic carbocycles. The van der Waals surface area contributed by atoms with Crippen LogP contribution in [-0.2, 0) is 0 Å². The van der Waals surface area contributed by atoms with Gasteiger partial charge in [-0.15, -0.1) is 0 Å². The summed E-state index contributed by atoms with van der Waals surface area (Å²) >= 11 is 0. The van der Waals surface area contributed by atoms with Crippen LogP contribution in [0, 0.1) is 5.92 Å². The van der Waals surface area contributed by atoms with Crippen molar-refractivity contribution in [3.63, 3.8) is 0 Å². The molecule has 0 radical (unpaired) electrons. The lowest BCUT2D eigenvalue weighted by Gasteiger charge is -2.04. The first-order valence-electron chi connectivity index (χ1n) is 7.21. The molecule has 0 atom stereocenters. The normalized spacial score (nSPS) is 11.2.